The van der Waals surface area contributed by atoms with Crippen LogP contribution in [0.1, 0.15) is 17.1 Å². The highest BCUT2D eigenvalue weighted by molar-refractivity contribution is 7.89. The van der Waals surface area contributed by atoms with E-state index < -0.39 is 10.0 Å². The Bertz CT molecular complexity index is 720. The van der Waals surface area contributed by atoms with Crippen molar-refractivity contribution in [2.45, 2.75) is 25.3 Å². The second kappa shape index (κ2) is 5.30. The van der Waals surface area contributed by atoms with Crippen molar-refractivity contribution in [3.05, 3.63) is 47.4 Å². The van der Waals surface area contributed by atoms with E-state index in [9.17, 15) is 8.42 Å². The molecule has 0 amide bonds. The van der Waals surface area contributed by atoms with Crippen LogP contribution in [-0.4, -0.2) is 19.8 Å². The van der Waals surface area contributed by atoms with Crippen LogP contribution >= 0.6 is 0 Å². The third-order valence-electron chi connectivity index (χ3n) is 3.03. The molecule has 1 heterocycles. The molecule has 5 nitrogen and oxygen atoms in total. The molecule has 6 heteroatoms. The number of rotatable bonds is 4. The lowest BCUT2D eigenvalue weighted by Gasteiger charge is -2.17. The highest BCUT2D eigenvalue weighted by atomic mass is 32.2. The van der Waals surface area contributed by atoms with Crippen molar-refractivity contribution in [3.8, 4) is 0 Å². The van der Waals surface area contributed by atoms with Crippen molar-refractivity contribution < 1.29 is 12.8 Å². The molecule has 0 saturated carbocycles. The fourth-order valence-corrected chi connectivity index (χ4v) is 3.18. The van der Waals surface area contributed by atoms with Crippen LogP contribution in [0.5, 0.6) is 0 Å². The Kier molecular flexibility index (Phi) is 3.87. The van der Waals surface area contributed by atoms with Crippen molar-refractivity contribution in [2.24, 2.45) is 0 Å². The minimum atomic E-state index is -3.63. The van der Waals surface area contributed by atoms with Crippen molar-refractivity contribution in [2.75, 3.05) is 12.8 Å². The molecule has 0 spiro atoms. The summed E-state index contributed by atoms with van der Waals surface area (Å²) in [6.45, 7) is 3.85. The number of nitrogens with two attached hydrogens (primary N) is 1. The van der Waals surface area contributed by atoms with Crippen LogP contribution in [0.25, 0.3) is 0 Å². The summed E-state index contributed by atoms with van der Waals surface area (Å²) in [5, 5.41) is 0. The summed E-state index contributed by atoms with van der Waals surface area (Å²) in [7, 11) is -2.12. The molecule has 0 unspecified atom stereocenters. The van der Waals surface area contributed by atoms with Crippen LogP contribution in [0.2, 0.25) is 0 Å². The van der Waals surface area contributed by atoms with Crippen molar-refractivity contribution in [1.29, 1.82) is 0 Å². The minimum absolute atomic E-state index is 0.119. The normalized spacial score (nSPS) is 12.0. The number of anilines is 1. The van der Waals surface area contributed by atoms with Gasteiger partial charge in [-0.05, 0) is 43.7 Å². The van der Waals surface area contributed by atoms with Gasteiger partial charge < -0.3 is 10.2 Å². The minimum Gasteiger partial charge on any atom is -0.465 e. The number of aryl methyl sites for hydroxylation is 2. The van der Waals surface area contributed by atoms with Crippen molar-refractivity contribution in [3.63, 3.8) is 0 Å². The van der Waals surface area contributed by atoms with Gasteiger partial charge in [-0.25, -0.2) is 8.42 Å². The second-order valence-electron chi connectivity index (χ2n) is 4.81. The van der Waals surface area contributed by atoms with Gasteiger partial charge in [0, 0.05) is 7.05 Å². The van der Waals surface area contributed by atoms with E-state index >= 15 is 0 Å². The lowest BCUT2D eigenvalue weighted by Crippen LogP contribution is -2.27. The third-order valence-corrected chi connectivity index (χ3v) is 4.91. The maximum atomic E-state index is 12.5. The first-order chi connectivity index (χ1) is 9.30. The maximum Gasteiger partial charge on any atom is 0.245 e. The first-order valence-electron chi connectivity index (χ1n) is 6.18. The molecule has 2 rings (SSSR count). The van der Waals surface area contributed by atoms with Gasteiger partial charge in [-0.3, -0.25) is 0 Å². The Morgan fingerprint density at radius 3 is 2.45 bits per heavy atom. The molecule has 20 heavy (non-hydrogen) atoms. The Balaban J connectivity index is 2.29. The molecule has 0 radical (unpaired) electrons. The van der Waals surface area contributed by atoms with Gasteiger partial charge >= 0.3 is 0 Å². The van der Waals surface area contributed by atoms with Crippen LogP contribution in [0.3, 0.4) is 0 Å². The highest BCUT2D eigenvalue weighted by Crippen LogP contribution is 2.24. The number of hydrogen-bond acceptors (Lipinski definition) is 4. The van der Waals surface area contributed by atoms with E-state index in [2.05, 4.69) is 0 Å². The van der Waals surface area contributed by atoms with Gasteiger partial charge in [-0.1, -0.05) is 6.07 Å². The van der Waals surface area contributed by atoms with Gasteiger partial charge in [-0.15, -0.1) is 0 Å². The Morgan fingerprint density at radius 1 is 1.20 bits per heavy atom. The zero-order valence-corrected chi connectivity index (χ0v) is 12.6. The zero-order valence-electron chi connectivity index (χ0n) is 11.8. The molecule has 0 atom stereocenters. The Labute approximate surface area is 119 Å². The number of furan rings is 1. The SMILES string of the molecule is Cc1ccc(S(=O)(=O)N(C)Cc2ccc(C)o2)c(N)c1. The average molecular weight is 294 g/mol. The van der Waals surface area contributed by atoms with Gasteiger partial charge in [0.2, 0.25) is 10.0 Å². The van der Waals surface area contributed by atoms with Crippen LogP contribution in [0.4, 0.5) is 5.69 Å². The first-order valence-corrected chi connectivity index (χ1v) is 7.62. The standard InChI is InChI=1S/C14H18N2O3S/c1-10-4-7-14(13(15)8-10)20(17,18)16(3)9-12-6-5-11(2)19-12/h4-8H,9,15H2,1-3H3. The topological polar surface area (TPSA) is 76.5 Å². The van der Waals surface area contributed by atoms with Crippen molar-refractivity contribution >= 4 is 15.7 Å². The van der Waals surface area contributed by atoms with Crippen LogP contribution in [0.15, 0.2) is 39.6 Å². The molecule has 0 fully saturated rings. The number of sulfonamides is 1. The molecular weight excluding hydrogens is 276 g/mol. The van der Waals surface area contributed by atoms with Gasteiger partial charge in [0.15, 0.2) is 0 Å². The van der Waals surface area contributed by atoms with Crippen LogP contribution in [0, 0.1) is 13.8 Å². The van der Waals surface area contributed by atoms with Crippen molar-refractivity contribution in [1.82, 2.24) is 4.31 Å². The summed E-state index contributed by atoms with van der Waals surface area (Å²) < 4.78 is 31.6. The summed E-state index contributed by atoms with van der Waals surface area (Å²) in [4.78, 5) is 0.119. The molecule has 0 bridgehead atoms. The molecule has 1 aromatic heterocycles. The smallest absolute Gasteiger partial charge is 0.245 e. The number of nitrogens with zero attached hydrogens (tertiary/aromatic N) is 1. The summed E-state index contributed by atoms with van der Waals surface area (Å²) >= 11 is 0. The Morgan fingerprint density at radius 2 is 1.90 bits per heavy atom. The number of hydrogen-bond donors (Lipinski definition) is 1. The third kappa shape index (κ3) is 2.86. The first kappa shape index (κ1) is 14.6. The Hall–Kier alpha value is -1.79. The lowest BCUT2D eigenvalue weighted by atomic mass is 10.2. The largest absolute Gasteiger partial charge is 0.465 e. The summed E-state index contributed by atoms with van der Waals surface area (Å²) in [6, 6.07) is 8.48. The van der Waals surface area contributed by atoms with E-state index in [-0.39, 0.29) is 17.1 Å². The molecule has 0 aliphatic heterocycles. The lowest BCUT2D eigenvalue weighted by molar-refractivity contribution is 0.397. The molecule has 2 N–H and O–H groups in total. The highest BCUT2D eigenvalue weighted by Gasteiger charge is 2.24. The monoisotopic (exact) mass is 294 g/mol. The number of nitrogen functional groups attached to an aromatic ring is 1. The quantitative estimate of drug-likeness (QED) is 0.878. The molecule has 108 valence electrons. The fraction of sp³-hybridized carbons (Fsp3) is 0.286. The summed E-state index contributed by atoms with van der Waals surface area (Å²) in [5.41, 5.74) is 6.99. The van der Waals surface area contributed by atoms with E-state index in [0.29, 0.717) is 5.76 Å². The van der Waals surface area contributed by atoms with E-state index in [1.165, 1.54) is 17.4 Å². The number of benzene rings is 1. The van der Waals surface area contributed by atoms with Crippen LogP contribution < -0.4 is 5.73 Å². The second-order valence-corrected chi connectivity index (χ2v) is 6.83. The van der Waals surface area contributed by atoms with E-state index in [1.54, 1.807) is 24.3 Å². The van der Waals surface area contributed by atoms with E-state index in [1.807, 2.05) is 13.8 Å². The van der Waals surface area contributed by atoms with Crippen LogP contribution in [-0.2, 0) is 16.6 Å². The van der Waals surface area contributed by atoms with Gasteiger partial charge in [-0.2, -0.15) is 4.31 Å². The summed E-state index contributed by atoms with van der Waals surface area (Å²) in [6.07, 6.45) is 0. The molecule has 0 aliphatic rings. The van der Waals surface area contributed by atoms with Gasteiger partial charge in [0.05, 0.1) is 12.2 Å². The van der Waals surface area contributed by atoms with Gasteiger partial charge in [0.1, 0.15) is 16.4 Å². The molecule has 2 aromatic rings. The maximum absolute atomic E-state index is 12.5. The predicted molar refractivity (Wildman–Crippen MR) is 77.7 cm³/mol. The predicted octanol–water partition coefficient (Wildman–Crippen LogP) is 2.30. The molecule has 0 aliphatic carbocycles. The van der Waals surface area contributed by atoms with E-state index in [4.69, 9.17) is 10.2 Å². The average Bonchev–Trinajstić information content (AvgIpc) is 2.74. The zero-order chi connectivity index (χ0) is 14.9. The molecule has 1 aromatic carbocycles. The van der Waals surface area contributed by atoms with Gasteiger partial charge in [0.25, 0.3) is 0 Å². The summed E-state index contributed by atoms with van der Waals surface area (Å²) in [5.74, 6) is 1.35. The fourth-order valence-electron chi connectivity index (χ4n) is 1.95. The van der Waals surface area contributed by atoms with E-state index in [0.717, 1.165) is 11.3 Å². The molecular formula is C14H18N2O3S. The molecule has 0 saturated heterocycles.